The molecule has 2 aliphatic rings. The number of aromatic amines is 1. The molecule has 3 heterocycles. The number of carbonyl (C=O) groups is 2. The maximum absolute atomic E-state index is 13.1. The van der Waals surface area contributed by atoms with Crippen LogP contribution in [0.15, 0.2) is 30.3 Å². The van der Waals surface area contributed by atoms with Crippen LogP contribution in [0.25, 0.3) is 11.0 Å². The lowest BCUT2D eigenvalue weighted by atomic mass is 9.92. The Kier molecular flexibility index (Phi) is 6.88. The summed E-state index contributed by atoms with van der Waals surface area (Å²) in [6, 6.07) is 9.32. The Balaban J connectivity index is 1.17. The van der Waals surface area contributed by atoms with Gasteiger partial charge in [-0.05, 0) is 79.0 Å². The van der Waals surface area contributed by atoms with Crippen LogP contribution in [-0.2, 0) is 4.79 Å². The molecule has 0 aliphatic carbocycles. The fourth-order valence-corrected chi connectivity index (χ4v) is 5.57. The molecule has 0 unspecified atom stereocenters. The first-order valence-electron chi connectivity index (χ1n) is 12.6. The van der Waals surface area contributed by atoms with E-state index in [1.807, 2.05) is 41.0 Å². The molecule has 0 radical (unpaired) electrons. The van der Waals surface area contributed by atoms with E-state index >= 15 is 0 Å². The van der Waals surface area contributed by atoms with E-state index in [4.69, 9.17) is 16.3 Å². The molecular weight excluding hydrogens is 478 g/mol. The van der Waals surface area contributed by atoms with Crippen LogP contribution in [0.2, 0.25) is 5.02 Å². The number of benzene rings is 2. The molecule has 0 bridgehead atoms. The molecule has 1 aromatic heterocycles. The van der Waals surface area contributed by atoms with Gasteiger partial charge in [-0.1, -0.05) is 30.7 Å². The second kappa shape index (κ2) is 10.1. The van der Waals surface area contributed by atoms with E-state index in [2.05, 4.69) is 29.3 Å². The molecule has 1 N–H and O–H groups in total. The second-order valence-corrected chi connectivity index (χ2v) is 10.7. The van der Waals surface area contributed by atoms with Crippen molar-refractivity contribution in [2.45, 2.75) is 39.5 Å². The molecule has 0 spiro atoms. The number of carbonyl (C=O) groups excluding carboxylic acids is 2. The van der Waals surface area contributed by atoms with Crippen LogP contribution in [0, 0.1) is 18.8 Å². The minimum absolute atomic E-state index is 0.00568. The number of hydrogen-bond acceptors (Lipinski definition) is 5. The summed E-state index contributed by atoms with van der Waals surface area (Å²) >= 11 is 6.30. The van der Waals surface area contributed by atoms with Crippen LogP contribution < -0.4 is 4.74 Å². The number of aryl methyl sites for hydroxylation is 1. The van der Waals surface area contributed by atoms with Gasteiger partial charge in [0.15, 0.2) is 6.61 Å². The first-order chi connectivity index (χ1) is 17.3. The average molecular weight is 510 g/mol. The predicted molar refractivity (Wildman–Crippen MR) is 138 cm³/mol. The van der Waals surface area contributed by atoms with E-state index in [1.165, 1.54) is 0 Å². The van der Waals surface area contributed by atoms with Gasteiger partial charge in [0, 0.05) is 36.8 Å². The number of likely N-dealkylation sites (tertiary alicyclic amines) is 2. The molecule has 2 amide bonds. The Morgan fingerprint density at radius 1 is 1.11 bits per heavy atom. The smallest absolute Gasteiger partial charge is 0.260 e. The number of fused-ring (bicyclic) bond motifs is 2. The molecule has 2 fully saturated rings. The van der Waals surface area contributed by atoms with E-state index in [-0.39, 0.29) is 24.3 Å². The summed E-state index contributed by atoms with van der Waals surface area (Å²) in [6.07, 6.45) is 1.78. The summed E-state index contributed by atoms with van der Waals surface area (Å²) in [7, 11) is 0. The van der Waals surface area contributed by atoms with Crippen molar-refractivity contribution in [2.24, 2.45) is 11.8 Å². The van der Waals surface area contributed by atoms with Crippen LogP contribution in [0.4, 0.5) is 0 Å². The van der Waals surface area contributed by atoms with Gasteiger partial charge in [-0.2, -0.15) is 0 Å². The zero-order valence-electron chi connectivity index (χ0n) is 21.0. The molecule has 3 aromatic rings. The SMILES string of the molecule is Cc1cc(OCC(=O)N2CC[C@@H]3CN(C(=O)c4ccc5[nH]nnc5c4)C[C@@H]3CC2)c(C(C)C)cc1Cl. The van der Waals surface area contributed by atoms with E-state index in [0.29, 0.717) is 41.0 Å². The van der Waals surface area contributed by atoms with Gasteiger partial charge < -0.3 is 14.5 Å². The predicted octanol–water partition coefficient (Wildman–Crippen LogP) is 4.43. The van der Waals surface area contributed by atoms with Crippen molar-refractivity contribution >= 4 is 34.4 Å². The lowest BCUT2D eigenvalue weighted by Crippen LogP contribution is -2.37. The van der Waals surface area contributed by atoms with E-state index < -0.39 is 0 Å². The second-order valence-electron chi connectivity index (χ2n) is 10.3. The number of ether oxygens (including phenoxy) is 1. The van der Waals surface area contributed by atoms with Gasteiger partial charge in [0.2, 0.25) is 0 Å². The molecule has 36 heavy (non-hydrogen) atoms. The molecule has 8 nitrogen and oxygen atoms in total. The molecule has 2 aromatic carbocycles. The quantitative estimate of drug-likeness (QED) is 0.549. The molecule has 5 rings (SSSR count). The van der Waals surface area contributed by atoms with Crippen LogP contribution >= 0.6 is 11.6 Å². The topological polar surface area (TPSA) is 91.4 Å². The van der Waals surface area contributed by atoms with E-state index in [9.17, 15) is 9.59 Å². The zero-order valence-corrected chi connectivity index (χ0v) is 21.7. The van der Waals surface area contributed by atoms with E-state index in [1.54, 1.807) is 6.07 Å². The maximum Gasteiger partial charge on any atom is 0.260 e. The number of amides is 2. The van der Waals surface area contributed by atoms with Gasteiger partial charge in [0.05, 0.1) is 5.52 Å². The number of hydrogen-bond donors (Lipinski definition) is 1. The van der Waals surface area contributed by atoms with Crippen molar-refractivity contribution in [2.75, 3.05) is 32.8 Å². The fourth-order valence-electron chi connectivity index (χ4n) is 5.40. The van der Waals surface area contributed by atoms with Gasteiger partial charge in [-0.25, -0.2) is 0 Å². The highest BCUT2D eigenvalue weighted by molar-refractivity contribution is 6.31. The highest BCUT2D eigenvalue weighted by Crippen LogP contribution is 2.34. The third-order valence-corrected chi connectivity index (χ3v) is 8.00. The Morgan fingerprint density at radius 2 is 1.83 bits per heavy atom. The monoisotopic (exact) mass is 509 g/mol. The van der Waals surface area contributed by atoms with Gasteiger partial charge in [-0.15, -0.1) is 5.10 Å². The van der Waals surface area contributed by atoms with Gasteiger partial charge in [-0.3, -0.25) is 14.7 Å². The largest absolute Gasteiger partial charge is 0.483 e. The summed E-state index contributed by atoms with van der Waals surface area (Å²) in [5.74, 6) is 1.81. The zero-order chi connectivity index (χ0) is 25.4. The summed E-state index contributed by atoms with van der Waals surface area (Å²) in [4.78, 5) is 30.0. The summed E-state index contributed by atoms with van der Waals surface area (Å²) < 4.78 is 5.99. The van der Waals surface area contributed by atoms with Crippen molar-refractivity contribution in [3.05, 3.63) is 52.0 Å². The normalized spacial score (nSPS) is 20.0. The van der Waals surface area contributed by atoms with Crippen molar-refractivity contribution in [1.29, 1.82) is 0 Å². The number of aromatic nitrogens is 3. The highest BCUT2D eigenvalue weighted by Gasteiger charge is 2.38. The Labute approximate surface area is 215 Å². The minimum atomic E-state index is 0.00568. The molecule has 2 atom stereocenters. The lowest BCUT2D eigenvalue weighted by Gasteiger charge is -2.23. The van der Waals surface area contributed by atoms with Gasteiger partial charge in [0.1, 0.15) is 11.3 Å². The molecule has 0 saturated carbocycles. The summed E-state index contributed by atoms with van der Waals surface area (Å²) in [6.45, 7) is 8.95. The van der Waals surface area contributed by atoms with Crippen LogP contribution in [0.3, 0.4) is 0 Å². The Hall–Kier alpha value is -3.13. The van der Waals surface area contributed by atoms with Crippen LogP contribution in [-0.4, -0.2) is 69.8 Å². The molecule has 190 valence electrons. The van der Waals surface area contributed by atoms with Gasteiger partial charge >= 0.3 is 0 Å². The highest BCUT2D eigenvalue weighted by atomic mass is 35.5. The van der Waals surface area contributed by atoms with Gasteiger partial charge in [0.25, 0.3) is 11.8 Å². The van der Waals surface area contributed by atoms with Crippen molar-refractivity contribution in [3.63, 3.8) is 0 Å². The van der Waals surface area contributed by atoms with Crippen LogP contribution in [0.1, 0.15) is 54.1 Å². The maximum atomic E-state index is 13.1. The summed E-state index contributed by atoms with van der Waals surface area (Å²) in [5, 5.41) is 11.3. The third kappa shape index (κ3) is 4.91. The minimum Gasteiger partial charge on any atom is -0.483 e. The number of H-pyrrole nitrogens is 1. The number of halogens is 1. The number of rotatable bonds is 5. The van der Waals surface area contributed by atoms with E-state index in [0.717, 1.165) is 48.3 Å². The molecule has 2 aliphatic heterocycles. The van der Waals surface area contributed by atoms with Crippen LogP contribution in [0.5, 0.6) is 5.75 Å². The number of nitrogens with zero attached hydrogens (tertiary/aromatic N) is 4. The fraction of sp³-hybridized carbons (Fsp3) is 0.481. The van der Waals surface area contributed by atoms with Crippen molar-refractivity contribution in [3.8, 4) is 5.75 Å². The molecule has 2 saturated heterocycles. The third-order valence-electron chi connectivity index (χ3n) is 7.59. The first-order valence-corrected chi connectivity index (χ1v) is 13.0. The van der Waals surface area contributed by atoms with Crippen molar-refractivity contribution < 1.29 is 14.3 Å². The summed E-state index contributed by atoms with van der Waals surface area (Å²) in [5.41, 5.74) is 4.10. The lowest BCUT2D eigenvalue weighted by molar-refractivity contribution is -0.133. The Morgan fingerprint density at radius 3 is 2.53 bits per heavy atom. The molecule has 9 heteroatoms. The average Bonchev–Trinajstić information content (AvgIpc) is 3.45. The first kappa shape index (κ1) is 24.6. The standard InChI is InChI=1S/C27H32ClN5O3/c1-16(2)21-12-22(28)17(3)10-25(21)36-15-26(34)32-8-6-19-13-33(14-20(19)7-9-32)27(35)18-4-5-23-24(11-18)30-31-29-23/h4-5,10-12,16,19-20H,6-9,13-15H2,1-3H3,(H,29,30,31)/t19-,20+. The number of nitrogens with one attached hydrogen (secondary N) is 1. The van der Waals surface area contributed by atoms with Crippen molar-refractivity contribution in [1.82, 2.24) is 25.2 Å². The molecular formula is C27H32ClN5O3. The Bertz CT molecular complexity index is 1270.